The fourth-order valence-electron chi connectivity index (χ4n) is 4.91. The Bertz CT molecular complexity index is 1590. The van der Waals surface area contributed by atoms with Crippen molar-refractivity contribution in [2.24, 2.45) is 11.1 Å². The van der Waals surface area contributed by atoms with E-state index in [0.717, 1.165) is 0 Å². The Morgan fingerprint density at radius 3 is 2.88 bits per heavy atom. The number of carbonyl (C=O) groups is 2. The van der Waals surface area contributed by atoms with Crippen molar-refractivity contribution in [2.75, 3.05) is 23.1 Å². The molecule has 3 heterocycles. The number of rotatable bonds is 7. The minimum atomic E-state index is -0.691. The van der Waals surface area contributed by atoms with Gasteiger partial charge in [0, 0.05) is 22.7 Å². The zero-order chi connectivity index (χ0) is 28.6. The maximum atomic E-state index is 13.5. The van der Waals surface area contributed by atoms with Gasteiger partial charge in [-0.25, -0.2) is 0 Å². The summed E-state index contributed by atoms with van der Waals surface area (Å²) < 4.78 is 11.4. The van der Waals surface area contributed by atoms with Gasteiger partial charge in [-0.15, -0.1) is 10.2 Å². The number of ether oxygens (including phenoxy) is 1. The molecule has 0 spiro atoms. The minimum Gasteiger partial charge on any atom is -0.495 e. The van der Waals surface area contributed by atoms with E-state index in [2.05, 4.69) is 21.6 Å². The van der Waals surface area contributed by atoms with Gasteiger partial charge in [0.05, 0.1) is 42.4 Å². The van der Waals surface area contributed by atoms with Crippen LogP contribution in [0.15, 0.2) is 68.0 Å². The molecule has 1 atom stereocenters. The van der Waals surface area contributed by atoms with Gasteiger partial charge in [0.2, 0.25) is 11.0 Å². The van der Waals surface area contributed by atoms with Crippen LogP contribution in [-0.2, 0) is 9.59 Å². The molecule has 1 aromatic carbocycles. The second kappa shape index (κ2) is 11.0. The Morgan fingerprint density at radius 1 is 1.38 bits per heavy atom. The van der Waals surface area contributed by atoms with Gasteiger partial charge in [0.1, 0.15) is 17.3 Å². The molecule has 3 aromatic rings. The number of aromatic nitrogens is 2. The number of carbonyl (C=O) groups excluding carboxylic acids is 2. The van der Waals surface area contributed by atoms with Crippen LogP contribution in [0.2, 0.25) is 5.02 Å². The van der Waals surface area contributed by atoms with Gasteiger partial charge in [0.15, 0.2) is 10.1 Å². The van der Waals surface area contributed by atoms with Crippen LogP contribution in [0, 0.1) is 16.7 Å². The van der Waals surface area contributed by atoms with E-state index < -0.39 is 5.92 Å². The molecule has 0 fully saturated rings. The first-order valence-corrected chi connectivity index (χ1v) is 14.4. The summed E-state index contributed by atoms with van der Waals surface area (Å²) in [4.78, 5) is 27.8. The number of methoxy groups -OCH3 is 1. The molecule has 40 heavy (non-hydrogen) atoms. The minimum absolute atomic E-state index is 0.0547. The van der Waals surface area contributed by atoms with Crippen LogP contribution < -0.4 is 20.7 Å². The standard InChI is InChI=1S/C27H25ClN6O4S2/c1-27(2)10-17-23(18(35)11-27)22(20-5-4-8-38-20)15(12-29)24(30)34(17)25-32-33-26(40-25)39-13-21(36)31-16-9-14(28)6-7-19(16)37-3/h4-9,22H,10-11,13,30H2,1-3H3,(H,31,36). The number of amides is 1. The summed E-state index contributed by atoms with van der Waals surface area (Å²) in [6.45, 7) is 4.03. The highest BCUT2D eigenvalue weighted by Gasteiger charge is 2.46. The lowest BCUT2D eigenvalue weighted by atomic mass is 9.69. The number of nitrogens with zero attached hydrogens (tertiary/aromatic N) is 4. The molecule has 2 aliphatic rings. The molecule has 0 saturated carbocycles. The second-order valence-electron chi connectivity index (χ2n) is 10.0. The van der Waals surface area contributed by atoms with Crippen molar-refractivity contribution in [3.05, 3.63) is 70.0 Å². The highest BCUT2D eigenvalue weighted by molar-refractivity contribution is 8.01. The SMILES string of the molecule is COc1ccc(Cl)cc1NC(=O)CSc1nnc(N2C(N)=C(C#N)C(c3ccco3)C3=C2CC(C)(C)CC3=O)s1. The lowest BCUT2D eigenvalue weighted by molar-refractivity contribution is -0.118. The van der Waals surface area contributed by atoms with Crippen molar-refractivity contribution in [3.8, 4) is 11.8 Å². The molecule has 0 radical (unpaired) electrons. The van der Waals surface area contributed by atoms with Gasteiger partial charge in [0.25, 0.3) is 0 Å². The molecule has 206 valence electrons. The smallest absolute Gasteiger partial charge is 0.234 e. The van der Waals surface area contributed by atoms with E-state index in [4.69, 9.17) is 26.5 Å². The summed E-state index contributed by atoms with van der Waals surface area (Å²) in [5, 5.41) is 22.3. The van der Waals surface area contributed by atoms with E-state index >= 15 is 0 Å². The van der Waals surface area contributed by atoms with Gasteiger partial charge in [-0.2, -0.15) is 5.26 Å². The zero-order valence-electron chi connectivity index (χ0n) is 21.9. The maximum Gasteiger partial charge on any atom is 0.234 e. The lowest BCUT2D eigenvalue weighted by Gasteiger charge is -2.42. The van der Waals surface area contributed by atoms with Crippen LogP contribution in [0.4, 0.5) is 10.8 Å². The summed E-state index contributed by atoms with van der Waals surface area (Å²) in [6.07, 6.45) is 2.38. The van der Waals surface area contributed by atoms with E-state index in [1.165, 1.54) is 36.5 Å². The van der Waals surface area contributed by atoms with Crippen molar-refractivity contribution in [3.63, 3.8) is 0 Å². The third-order valence-corrected chi connectivity index (χ3v) is 8.83. The van der Waals surface area contributed by atoms with Gasteiger partial charge in [-0.1, -0.05) is 48.5 Å². The average molecular weight is 597 g/mol. The number of hydrogen-bond donors (Lipinski definition) is 2. The summed E-state index contributed by atoms with van der Waals surface area (Å²) in [5.41, 5.74) is 8.11. The first-order chi connectivity index (χ1) is 19.1. The van der Waals surface area contributed by atoms with Crippen LogP contribution in [0.25, 0.3) is 0 Å². The number of Topliss-reactive ketones (excluding diaryl/α,β-unsaturated/α-hetero) is 1. The Kier molecular flexibility index (Phi) is 7.63. The average Bonchev–Trinajstić information content (AvgIpc) is 3.59. The molecular formula is C27H25ClN6O4S2. The van der Waals surface area contributed by atoms with E-state index in [0.29, 0.717) is 55.8 Å². The van der Waals surface area contributed by atoms with Crippen molar-refractivity contribution >= 4 is 57.2 Å². The summed E-state index contributed by atoms with van der Waals surface area (Å²) in [6, 6.07) is 10.6. The van der Waals surface area contributed by atoms with Crippen LogP contribution in [0.5, 0.6) is 5.75 Å². The Morgan fingerprint density at radius 2 is 2.17 bits per heavy atom. The Hall–Kier alpha value is -3.79. The fourth-order valence-corrected chi connectivity index (χ4v) is 6.76. The largest absolute Gasteiger partial charge is 0.495 e. The van der Waals surface area contributed by atoms with Gasteiger partial charge < -0.3 is 20.2 Å². The number of nitrogens with two attached hydrogens (primary N) is 1. The number of hydrogen-bond acceptors (Lipinski definition) is 11. The molecule has 13 heteroatoms. The quantitative estimate of drug-likeness (QED) is 0.337. The van der Waals surface area contributed by atoms with Crippen molar-refractivity contribution in [2.45, 2.75) is 36.9 Å². The van der Waals surface area contributed by atoms with Crippen LogP contribution in [0.3, 0.4) is 0 Å². The van der Waals surface area contributed by atoms with Crippen molar-refractivity contribution in [1.82, 2.24) is 10.2 Å². The Labute approximate surface area is 243 Å². The van der Waals surface area contributed by atoms with Crippen LogP contribution in [0.1, 0.15) is 38.4 Å². The monoisotopic (exact) mass is 596 g/mol. The van der Waals surface area contributed by atoms with Crippen molar-refractivity contribution < 1.29 is 18.7 Å². The predicted molar refractivity (Wildman–Crippen MR) is 153 cm³/mol. The molecule has 1 amide bonds. The molecule has 1 aliphatic heterocycles. The van der Waals surface area contributed by atoms with E-state index in [-0.39, 0.29) is 34.3 Å². The Balaban J connectivity index is 1.42. The number of nitriles is 1. The number of anilines is 2. The zero-order valence-corrected chi connectivity index (χ0v) is 24.2. The molecule has 3 N–H and O–H groups in total. The molecule has 1 unspecified atom stereocenters. The van der Waals surface area contributed by atoms with Gasteiger partial charge in [-0.05, 0) is 42.2 Å². The molecule has 2 aromatic heterocycles. The van der Waals surface area contributed by atoms with Crippen LogP contribution in [-0.4, -0.2) is 34.8 Å². The molecule has 5 rings (SSSR count). The van der Waals surface area contributed by atoms with Crippen LogP contribution >= 0.6 is 34.7 Å². The van der Waals surface area contributed by atoms with Gasteiger partial charge >= 0.3 is 0 Å². The third-order valence-electron chi connectivity index (χ3n) is 6.56. The van der Waals surface area contributed by atoms with E-state index in [1.807, 2.05) is 13.8 Å². The molecule has 0 saturated heterocycles. The summed E-state index contributed by atoms with van der Waals surface area (Å²) in [5.74, 6) is 0.163. The molecular weight excluding hydrogens is 572 g/mol. The second-order valence-corrected chi connectivity index (χ2v) is 12.6. The number of ketones is 1. The highest BCUT2D eigenvalue weighted by atomic mass is 35.5. The summed E-state index contributed by atoms with van der Waals surface area (Å²) in [7, 11) is 1.51. The lowest BCUT2D eigenvalue weighted by Crippen LogP contribution is -2.42. The van der Waals surface area contributed by atoms with E-state index in [9.17, 15) is 14.9 Å². The third kappa shape index (κ3) is 5.32. The van der Waals surface area contributed by atoms with Gasteiger partial charge in [-0.3, -0.25) is 14.5 Å². The first kappa shape index (κ1) is 27.8. The highest BCUT2D eigenvalue weighted by Crippen LogP contribution is 2.50. The molecule has 1 aliphatic carbocycles. The number of thioether (sulfide) groups is 1. The van der Waals surface area contributed by atoms with E-state index in [1.54, 1.807) is 35.2 Å². The number of allylic oxidation sites excluding steroid dienone is 3. The number of furan rings is 1. The normalized spacial score (nSPS) is 18.4. The fraction of sp³-hybridized carbons (Fsp3) is 0.296. The molecule has 0 bridgehead atoms. The number of benzene rings is 1. The number of halogens is 1. The maximum absolute atomic E-state index is 13.5. The first-order valence-electron chi connectivity index (χ1n) is 12.2. The number of nitrogens with one attached hydrogen (secondary N) is 1. The van der Waals surface area contributed by atoms with Crippen molar-refractivity contribution in [1.29, 1.82) is 5.26 Å². The predicted octanol–water partition coefficient (Wildman–Crippen LogP) is 5.46. The topological polar surface area (TPSA) is 147 Å². The molecule has 10 nitrogen and oxygen atoms in total. The summed E-state index contributed by atoms with van der Waals surface area (Å²) >= 11 is 8.47.